The zero-order valence-corrected chi connectivity index (χ0v) is 11.0. The molecule has 0 unspecified atom stereocenters. The van der Waals surface area contributed by atoms with Gasteiger partial charge in [-0.2, -0.15) is 0 Å². The van der Waals surface area contributed by atoms with Gasteiger partial charge in [0.15, 0.2) is 0 Å². The molecule has 3 rings (SSSR count). The minimum absolute atomic E-state index is 0.0440. The summed E-state index contributed by atoms with van der Waals surface area (Å²) in [5.41, 5.74) is 1.57. The first kappa shape index (κ1) is 12.5. The summed E-state index contributed by atoms with van der Waals surface area (Å²) in [6, 6.07) is 7.68. The summed E-state index contributed by atoms with van der Waals surface area (Å²) in [6.45, 7) is 0.636. The quantitative estimate of drug-likeness (QED) is 0.621. The number of rotatable bonds is 5. The van der Waals surface area contributed by atoms with E-state index in [-0.39, 0.29) is 5.91 Å². The summed E-state index contributed by atoms with van der Waals surface area (Å²) in [5.74, 6) is 0.906. The predicted molar refractivity (Wildman–Crippen MR) is 77.5 cm³/mol. The topological polar surface area (TPSA) is 73.6 Å². The van der Waals surface area contributed by atoms with Gasteiger partial charge in [0.1, 0.15) is 5.82 Å². The third kappa shape index (κ3) is 2.56. The van der Waals surface area contributed by atoms with Crippen LogP contribution in [0.4, 0.5) is 0 Å². The van der Waals surface area contributed by atoms with Gasteiger partial charge in [-0.1, -0.05) is 12.1 Å². The fourth-order valence-electron chi connectivity index (χ4n) is 2.26. The molecule has 102 valence electrons. The highest BCUT2D eigenvalue weighted by molar-refractivity contribution is 6.05. The van der Waals surface area contributed by atoms with E-state index in [1.54, 1.807) is 12.4 Å². The van der Waals surface area contributed by atoms with Crippen LogP contribution >= 0.6 is 0 Å². The molecule has 0 saturated heterocycles. The summed E-state index contributed by atoms with van der Waals surface area (Å²) in [4.78, 5) is 22.5. The van der Waals surface area contributed by atoms with Crippen molar-refractivity contribution >= 4 is 16.8 Å². The summed E-state index contributed by atoms with van der Waals surface area (Å²) in [5, 5.41) is 3.99. The van der Waals surface area contributed by atoms with Gasteiger partial charge < -0.3 is 15.3 Å². The maximum atomic E-state index is 12.2. The summed E-state index contributed by atoms with van der Waals surface area (Å²) < 4.78 is 0. The molecule has 2 heterocycles. The summed E-state index contributed by atoms with van der Waals surface area (Å²) in [7, 11) is 0. The van der Waals surface area contributed by atoms with Crippen LogP contribution in [0.1, 0.15) is 22.6 Å². The zero-order valence-electron chi connectivity index (χ0n) is 11.0. The fourth-order valence-corrected chi connectivity index (χ4v) is 2.26. The molecule has 0 bridgehead atoms. The Bertz CT molecular complexity index is 700. The molecular weight excluding hydrogens is 252 g/mol. The molecule has 0 saturated carbocycles. The number of H-pyrrole nitrogens is 2. The summed E-state index contributed by atoms with van der Waals surface area (Å²) in [6.07, 6.45) is 7.08. The smallest absolute Gasteiger partial charge is 0.253 e. The van der Waals surface area contributed by atoms with Crippen molar-refractivity contribution in [1.82, 2.24) is 20.3 Å². The average molecular weight is 268 g/mol. The second kappa shape index (κ2) is 5.61. The van der Waals surface area contributed by atoms with E-state index in [0.29, 0.717) is 12.1 Å². The van der Waals surface area contributed by atoms with Crippen LogP contribution in [0.15, 0.2) is 42.9 Å². The molecule has 0 spiro atoms. The number of fused-ring (bicyclic) bond motifs is 1. The van der Waals surface area contributed by atoms with Crippen LogP contribution in [0.25, 0.3) is 10.9 Å². The fraction of sp³-hybridized carbons (Fsp3) is 0.200. The lowest BCUT2D eigenvalue weighted by atomic mass is 10.1. The highest BCUT2D eigenvalue weighted by atomic mass is 16.1. The molecule has 0 aliphatic carbocycles. The molecule has 5 nitrogen and oxygen atoms in total. The molecule has 20 heavy (non-hydrogen) atoms. The Balaban J connectivity index is 1.58. The normalized spacial score (nSPS) is 10.8. The third-order valence-corrected chi connectivity index (χ3v) is 3.26. The highest BCUT2D eigenvalue weighted by Crippen LogP contribution is 2.16. The minimum atomic E-state index is -0.0440. The van der Waals surface area contributed by atoms with Crippen molar-refractivity contribution in [1.29, 1.82) is 0 Å². The number of hydrogen-bond acceptors (Lipinski definition) is 2. The SMILES string of the molecule is O=C(NCCCc1ncc[nH]1)c1cccc2cc[nH]c12. The van der Waals surface area contributed by atoms with Gasteiger partial charge in [0, 0.05) is 36.9 Å². The molecule has 0 radical (unpaired) electrons. The molecule has 0 fully saturated rings. The number of nitrogens with zero attached hydrogens (tertiary/aromatic N) is 1. The molecule has 0 aliphatic heterocycles. The van der Waals surface area contributed by atoms with E-state index < -0.39 is 0 Å². The standard InChI is InChI=1S/C15H16N4O/c20-15(19-7-2-5-13-16-9-10-17-13)12-4-1-3-11-6-8-18-14(11)12/h1,3-4,6,8-10,18H,2,5,7H2,(H,16,17)(H,19,20). The number of aryl methyl sites for hydroxylation is 1. The van der Waals surface area contributed by atoms with Crippen molar-refractivity contribution in [3.8, 4) is 0 Å². The monoisotopic (exact) mass is 268 g/mol. The largest absolute Gasteiger partial charge is 0.361 e. The van der Waals surface area contributed by atoms with E-state index >= 15 is 0 Å². The maximum absolute atomic E-state index is 12.2. The Morgan fingerprint density at radius 1 is 1.20 bits per heavy atom. The number of nitrogens with one attached hydrogen (secondary N) is 3. The number of hydrogen-bond donors (Lipinski definition) is 3. The first-order valence-electron chi connectivity index (χ1n) is 6.67. The van der Waals surface area contributed by atoms with Gasteiger partial charge in [-0.05, 0) is 18.6 Å². The lowest BCUT2D eigenvalue weighted by Crippen LogP contribution is -2.25. The molecule has 2 aromatic heterocycles. The van der Waals surface area contributed by atoms with Gasteiger partial charge in [0.25, 0.3) is 5.91 Å². The van der Waals surface area contributed by atoms with Crippen molar-refractivity contribution in [3.05, 3.63) is 54.2 Å². The van der Waals surface area contributed by atoms with Crippen LogP contribution in [0.5, 0.6) is 0 Å². The van der Waals surface area contributed by atoms with Crippen LogP contribution in [-0.2, 0) is 6.42 Å². The van der Waals surface area contributed by atoms with Crippen LogP contribution in [-0.4, -0.2) is 27.4 Å². The van der Waals surface area contributed by atoms with Gasteiger partial charge in [-0.15, -0.1) is 0 Å². The van der Waals surface area contributed by atoms with E-state index in [1.165, 1.54) is 0 Å². The second-order valence-electron chi connectivity index (χ2n) is 4.64. The van der Waals surface area contributed by atoms with Crippen molar-refractivity contribution < 1.29 is 4.79 Å². The molecule has 3 aromatic rings. The average Bonchev–Trinajstić information content (AvgIpc) is 3.13. The van der Waals surface area contributed by atoms with E-state index in [9.17, 15) is 4.79 Å². The molecule has 1 aromatic carbocycles. The number of imidazole rings is 1. The molecule has 1 amide bonds. The number of aromatic amines is 2. The Morgan fingerprint density at radius 2 is 2.15 bits per heavy atom. The minimum Gasteiger partial charge on any atom is -0.361 e. The Morgan fingerprint density at radius 3 is 3.00 bits per heavy atom. The van der Waals surface area contributed by atoms with Gasteiger partial charge in [-0.25, -0.2) is 4.98 Å². The van der Waals surface area contributed by atoms with E-state index in [0.717, 1.165) is 29.6 Å². The van der Waals surface area contributed by atoms with Gasteiger partial charge in [0.05, 0.1) is 11.1 Å². The van der Waals surface area contributed by atoms with Crippen LogP contribution in [0.2, 0.25) is 0 Å². The Kier molecular flexibility index (Phi) is 3.50. The van der Waals surface area contributed by atoms with E-state index in [1.807, 2.05) is 30.5 Å². The zero-order chi connectivity index (χ0) is 13.8. The predicted octanol–water partition coefficient (Wildman–Crippen LogP) is 2.25. The molecule has 5 heteroatoms. The molecule has 3 N–H and O–H groups in total. The van der Waals surface area contributed by atoms with E-state index in [2.05, 4.69) is 20.3 Å². The number of carbonyl (C=O) groups excluding carboxylic acids is 1. The maximum Gasteiger partial charge on any atom is 0.253 e. The first-order valence-corrected chi connectivity index (χ1v) is 6.67. The van der Waals surface area contributed by atoms with Crippen LogP contribution < -0.4 is 5.32 Å². The lowest BCUT2D eigenvalue weighted by molar-refractivity contribution is 0.0954. The Hall–Kier alpha value is -2.56. The lowest BCUT2D eigenvalue weighted by Gasteiger charge is -2.05. The van der Waals surface area contributed by atoms with Crippen molar-refractivity contribution in [3.63, 3.8) is 0 Å². The van der Waals surface area contributed by atoms with E-state index in [4.69, 9.17) is 0 Å². The number of benzene rings is 1. The first-order chi connectivity index (χ1) is 9.84. The summed E-state index contributed by atoms with van der Waals surface area (Å²) >= 11 is 0. The van der Waals surface area contributed by atoms with Crippen molar-refractivity contribution in [2.24, 2.45) is 0 Å². The van der Waals surface area contributed by atoms with Gasteiger partial charge >= 0.3 is 0 Å². The highest BCUT2D eigenvalue weighted by Gasteiger charge is 2.09. The molecule has 0 atom stereocenters. The van der Waals surface area contributed by atoms with Crippen molar-refractivity contribution in [2.75, 3.05) is 6.54 Å². The third-order valence-electron chi connectivity index (χ3n) is 3.26. The molecule has 0 aliphatic rings. The second-order valence-corrected chi connectivity index (χ2v) is 4.64. The van der Waals surface area contributed by atoms with Crippen molar-refractivity contribution in [2.45, 2.75) is 12.8 Å². The van der Waals surface area contributed by atoms with Crippen LogP contribution in [0, 0.1) is 0 Å². The molecular formula is C15H16N4O. The van der Waals surface area contributed by atoms with Crippen LogP contribution in [0.3, 0.4) is 0 Å². The number of amides is 1. The number of carbonyl (C=O) groups is 1. The Labute approximate surface area is 116 Å². The van der Waals surface area contributed by atoms with Gasteiger partial charge in [0.2, 0.25) is 0 Å². The van der Waals surface area contributed by atoms with Gasteiger partial charge in [-0.3, -0.25) is 4.79 Å². The number of aromatic nitrogens is 3. The number of para-hydroxylation sites is 1.